The largest absolute Gasteiger partial charge is 0.496 e. The van der Waals surface area contributed by atoms with Crippen molar-refractivity contribution in [3.8, 4) is 17.1 Å². The molecule has 7 heteroatoms. The molecule has 5 rings (SSSR count). The molecular formula is C27H27N5O2. The lowest BCUT2D eigenvalue weighted by Gasteiger charge is -2.24. The van der Waals surface area contributed by atoms with Crippen molar-refractivity contribution >= 4 is 5.91 Å². The highest BCUT2D eigenvalue weighted by molar-refractivity contribution is 5.94. The van der Waals surface area contributed by atoms with E-state index >= 15 is 0 Å². The van der Waals surface area contributed by atoms with Crippen molar-refractivity contribution in [3.63, 3.8) is 0 Å². The Kier molecular flexibility index (Phi) is 6.08. The molecule has 0 N–H and O–H groups in total. The molecule has 1 aliphatic heterocycles. The predicted octanol–water partition coefficient (Wildman–Crippen LogP) is 4.45. The maximum atomic E-state index is 13.4. The molecule has 34 heavy (non-hydrogen) atoms. The Hall–Kier alpha value is -4.00. The van der Waals surface area contributed by atoms with Crippen molar-refractivity contribution in [2.75, 3.05) is 13.7 Å². The molecule has 0 saturated carbocycles. The number of ether oxygens (including phenoxy) is 1. The van der Waals surface area contributed by atoms with Crippen LogP contribution in [0.2, 0.25) is 0 Å². The van der Waals surface area contributed by atoms with Crippen molar-refractivity contribution < 1.29 is 9.53 Å². The lowest BCUT2D eigenvalue weighted by Crippen LogP contribution is -2.31. The third-order valence-electron chi connectivity index (χ3n) is 6.34. The van der Waals surface area contributed by atoms with E-state index in [1.165, 1.54) is 0 Å². The third kappa shape index (κ3) is 4.29. The van der Waals surface area contributed by atoms with Crippen LogP contribution in [0.25, 0.3) is 11.4 Å². The van der Waals surface area contributed by atoms with Crippen LogP contribution in [0.15, 0.2) is 73.3 Å². The summed E-state index contributed by atoms with van der Waals surface area (Å²) in [6, 6.07) is 17.6. The lowest BCUT2D eigenvalue weighted by molar-refractivity contribution is 0.0732. The summed E-state index contributed by atoms with van der Waals surface area (Å²) in [5.74, 6) is 0.830. The molecule has 0 aliphatic carbocycles. The van der Waals surface area contributed by atoms with Crippen LogP contribution in [-0.4, -0.2) is 44.0 Å². The van der Waals surface area contributed by atoms with Gasteiger partial charge < -0.3 is 14.2 Å². The first-order valence-electron chi connectivity index (χ1n) is 11.5. The number of imidazole rings is 1. The molecule has 1 atom stereocenters. The normalized spacial score (nSPS) is 15.5. The third-order valence-corrected chi connectivity index (χ3v) is 6.34. The number of rotatable bonds is 6. The highest BCUT2D eigenvalue weighted by Gasteiger charge is 2.32. The lowest BCUT2D eigenvalue weighted by atomic mass is 10.1. The molecule has 4 aromatic rings. The average Bonchev–Trinajstić information content (AvgIpc) is 3.54. The molecular weight excluding hydrogens is 426 g/mol. The van der Waals surface area contributed by atoms with Gasteiger partial charge in [0.15, 0.2) is 0 Å². The number of aromatic nitrogens is 4. The monoisotopic (exact) mass is 453 g/mol. The van der Waals surface area contributed by atoms with Gasteiger partial charge in [0.05, 0.1) is 48.3 Å². The minimum atomic E-state index is -0.0473. The number of hydrogen-bond acceptors (Lipinski definition) is 5. The first kappa shape index (κ1) is 21.8. The molecule has 1 aromatic carbocycles. The number of hydrogen-bond donors (Lipinski definition) is 0. The summed E-state index contributed by atoms with van der Waals surface area (Å²) in [5, 5.41) is 0. The fraction of sp³-hybridized carbons (Fsp3) is 0.259. The molecule has 0 bridgehead atoms. The van der Waals surface area contributed by atoms with Crippen molar-refractivity contribution in [1.82, 2.24) is 24.4 Å². The molecule has 3 aromatic heterocycles. The van der Waals surface area contributed by atoms with Crippen LogP contribution >= 0.6 is 0 Å². The van der Waals surface area contributed by atoms with E-state index in [1.807, 2.05) is 77.3 Å². The van der Waals surface area contributed by atoms with Crippen LogP contribution in [-0.2, 0) is 13.5 Å². The van der Waals surface area contributed by atoms with E-state index in [9.17, 15) is 4.79 Å². The summed E-state index contributed by atoms with van der Waals surface area (Å²) in [6.07, 6.45) is 7.75. The van der Waals surface area contributed by atoms with Crippen LogP contribution in [0.4, 0.5) is 0 Å². The maximum absolute atomic E-state index is 13.4. The number of benzene rings is 1. The van der Waals surface area contributed by atoms with E-state index in [1.54, 1.807) is 19.6 Å². The Labute approximate surface area is 199 Å². The van der Waals surface area contributed by atoms with Crippen LogP contribution < -0.4 is 4.74 Å². The minimum Gasteiger partial charge on any atom is -0.496 e. The van der Waals surface area contributed by atoms with Crippen molar-refractivity contribution in [3.05, 3.63) is 95.8 Å². The van der Waals surface area contributed by atoms with Crippen LogP contribution in [0, 0.1) is 0 Å². The summed E-state index contributed by atoms with van der Waals surface area (Å²) < 4.78 is 7.39. The molecule has 1 unspecified atom stereocenters. The van der Waals surface area contributed by atoms with Crippen LogP contribution in [0.5, 0.6) is 5.75 Å². The standard InChI is InChI=1S/C27H27N5O2/c1-31-18-28-17-25(31)23-9-5-8-22(30-23)24-10-6-14-32(24)27(33)20-12-13-21(29-16-20)15-19-7-3-4-11-26(19)34-2/h3-5,7-9,11-13,16-18,24H,6,10,14-15H2,1-2H3. The van der Waals surface area contributed by atoms with Gasteiger partial charge in [0.2, 0.25) is 0 Å². The van der Waals surface area contributed by atoms with Gasteiger partial charge in [-0.3, -0.25) is 9.78 Å². The smallest absolute Gasteiger partial charge is 0.255 e. The summed E-state index contributed by atoms with van der Waals surface area (Å²) in [5.41, 5.74) is 5.27. The Morgan fingerprint density at radius 3 is 2.74 bits per heavy atom. The fourth-order valence-corrected chi connectivity index (χ4v) is 4.57. The van der Waals surface area contributed by atoms with Crippen molar-refractivity contribution in [2.45, 2.75) is 25.3 Å². The molecule has 7 nitrogen and oxygen atoms in total. The van der Waals surface area contributed by atoms with E-state index in [-0.39, 0.29) is 11.9 Å². The molecule has 0 spiro atoms. The van der Waals surface area contributed by atoms with Gasteiger partial charge in [0.1, 0.15) is 5.75 Å². The molecule has 1 amide bonds. The predicted molar refractivity (Wildman–Crippen MR) is 129 cm³/mol. The van der Waals surface area contributed by atoms with Gasteiger partial charge in [-0.2, -0.15) is 0 Å². The number of carbonyl (C=O) groups is 1. The number of pyridine rings is 2. The Balaban J connectivity index is 1.34. The molecule has 0 radical (unpaired) electrons. The highest BCUT2D eigenvalue weighted by Crippen LogP contribution is 2.33. The number of likely N-dealkylation sites (tertiary alicyclic amines) is 1. The van der Waals surface area contributed by atoms with Crippen LogP contribution in [0.1, 0.15) is 46.2 Å². The molecule has 172 valence electrons. The molecule has 4 heterocycles. The van der Waals surface area contributed by atoms with Gasteiger partial charge in [0.25, 0.3) is 5.91 Å². The Morgan fingerprint density at radius 2 is 1.97 bits per heavy atom. The van der Waals surface area contributed by atoms with Gasteiger partial charge in [0, 0.05) is 37.5 Å². The maximum Gasteiger partial charge on any atom is 0.255 e. The number of aryl methyl sites for hydroxylation is 1. The first-order valence-corrected chi connectivity index (χ1v) is 11.5. The number of nitrogens with zero attached hydrogens (tertiary/aromatic N) is 5. The second kappa shape index (κ2) is 9.47. The number of para-hydroxylation sites is 1. The topological polar surface area (TPSA) is 73.1 Å². The van der Waals surface area contributed by atoms with E-state index in [4.69, 9.17) is 9.72 Å². The zero-order valence-electron chi connectivity index (χ0n) is 19.4. The zero-order valence-corrected chi connectivity index (χ0v) is 19.4. The number of methoxy groups -OCH3 is 1. The van der Waals surface area contributed by atoms with E-state index in [0.29, 0.717) is 18.5 Å². The average molecular weight is 454 g/mol. The number of carbonyl (C=O) groups excluding carboxylic acids is 1. The van der Waals surface area contributed by atoms with Gasteiger partial charge in [-0.15, -0.1) is 0 Å². The van der Waals surface area contributed by atoms with Gasteiger partial charge in [-0.25, -0.2) is 9.97 Å². The Morgan fingerprint density at radius 1 is 1.09 bits per heavy atom. The second-order valence-electron chi connectivity index (χ2n) is 8.52. The fourth-order valence-electron chi connectivity index (χ4n) is 4.57. The van der Waals surface area contributed by atoms with E-state index in [0.717, 1.165) is 46.9 Å². The Bertz CT molecular complexity index is 1300. The van der Waals surface area contributed by atoms with E-state index in [2.05, 4.69) is 9.97 Å². The minimum absolute atomic E-state index is 0.00780. The summed E-state index contributed by atoms with van der Waals surface area (Å²) in [4.78, 5) is 29.0. The van der Waals surface area contributed by atoms with Crippen molar-refractivity contribution in [1.29, 1.82) is 0 Å². The summed E-state index contributed by atoms with van der Waals surface area (Å²) in [7, 11) is 3.62. The molecule has 1 saturated heterocycles. The number of amides is 1. The molecule has 1 fully saturated rings. The SMILES string of the molecule is COc1ccccc1Cc1ccc(C(=O)N2CCCC2c2cccc(-c3cncn3C)n2)cn1. The quantitative estimate of drug-likeness (QED) is 0.431. The van der Waals surface area contributed by atoms with Crippen molar-refractivity contribution in [2.24, 2.45) is 7.05 Å². The van der Waals surface area contributed by atoms with Gasteiger partial charge >= 0.3 is 0 Å². The first-order chi connectivity index (χ1) is 16.6. The second-order valence-corrected chi connectivity index (χ2v) is 8.52. The highest BCUT2D eigenvalue weighted by atomic mass is 16.5. The van der Waals surface area contributed by atoms with E-state index < -0.39 is 0 Å². The molecule has 1 aliphatic rings. The van der Waals surface area contributed by atoms with Crippen LogP contribution in [0.3, 0.4) is 0 Å². The summed E-state index contributed by atoms with van der Waals surface area (Å²) >= 11 is 0. The van der Waals surface area contributed by atoms with Gasteiger partial charge in [-0.05, 0) is 43.2 Å². The van der Waals surface area contributed by atoms with Gasteiger partial charge in [-0.1, -0.05) is 24.3 Å². The zero-order chi connectivity index (χ0) is 23.5. The summed E-state index contributed by atoms with van der Waals surface area (Å²) in [6.45, 7) is 0.712.